The van der Waals surface area contributed by atoms with Crippen LogP contribution in [-0.4, -0.2) is 18.0 Å². The molecule has 254 valence electrons. The van der Waals surface area contributed by atoms with Crippen molar-refractivity contribution in [2.75, 3.05) is 4.90 Å². The molecule has 1 aliphatic heterocycles. The van der Waals surface area contributed by atoms with Crippen LogP contribution in [0.1, 0.15) is 0 Å². The normalized spacial score (nSPS) is 12.9. The Morgan fingerprint density at radius 2 is 1.25 bits per heavy atom. The van der Waals surface area contributed by atoms with E-state index in [1.165, 1.54) is 40.9 Å². The first kappa shape index (κ1) is 33.2. The van der Waals surface area contributed by atoms with Crippen molar-refractivity contribution in [3.05, 3.63) is 188 Å². The van der Waals surface area contributed by atoms with Crippen molar-refractivity contribution in [2.24, 2.45) is 0 Å². The van der Waals surface area contributed by atoms with Crippen LogP contribution < -0.4 is 30.4 Å². The summed E-state index contributed by atoms with van der Waals surface area (Å²) < 4.78 is 8.98. The smallest absolute Gasteiger partial charge is 0.503 e. The van der Waals surface area contributed by atoms with Crippen LogP contribution in [-0.2, 0) is 20.4 Å². The Labute approximate surface area is 326 Å². The molecule has 10 rings (SSSR count). The average Bonchev–Trinajstić information content (AvgIpc) is 3.60. The molecule has 0 amide bonds. The van der Waals surface area contributed by atoms with E-state index >= 15 is 0 Å². The van der Waals surface area contributed by atoms with E-state index in [4.69, 9.17) is 9.72 Å². The third kappa shape index (κ3) is 5.44. The third-order valence-corrected chi connectivity index (χ3v) is 15.9. The molecule has 6 aromatic carbocycles. The molecular weight excluding hydrogens is 777 g/mol. The largest absolute Gasteiger partial charge is 2.00 e. The summed E-state index contributed by atoms with van der Waals surface area (Å²) >= 11 is 1.84. The van der Waals surface area contributed by atoms with Gasteiger partial charge >= 0.3 is 20.4 Å². The number of rotatable bonds is 6. The van der Waals surface area contributed by atoms with Crippen molar-refractivity contribution >= 4 is 77.5 Å². The van der Waals surface area contributed by atoms with Crippen LogP contribution in [0.3, 0.4) is 0 Å². The fourth-order valence-corrected chi connectivity index (χ4v) is 14.1. The van der Waals surface area contributed by atoms with Gasteiger partial charge in [-0.1, -0.05) is 121 Å². The van der Waals surface area contributed by atoms with Gasteiger partial charge in [0.05, 0.1) is 10.4 Å². The Kier molecular flexibility index (Phi) is 8.58. The zero-order chi connectivity index (χ0) is 34.5. The monoisotopic (exact) mass is 805 g/mol. The summed E-state index contributed by atoms with van der Waals surface area (Å²) in [5, 5.41) is 7.69. The van der Waals surface area contributed by atoms with Crippen molar-refractivity contribution in [3.63, 3.8) is 0 Å². The molecule has 0 N–H and O–H groups in total. The predicted molar refractivity (Wildman–Crippen MR) is 216 cm³/mol. The Hall–Kier alpha value is -5.68. The number of pyridine rings is 2. The van der Waals surface area contributed by atoms with Crippen LogP contribution >= 0.6 is 11.3 Å². The minimum absolute atomic E-state index is 0. The molecule has 0 unspecified atom stereocenters. The molecule has 53 heavy (non-hydrogen) atoms. The number of aromatic nitrogens is 2. The number of ether oxygens (including phenoxy) is 1. The number of fused-ring (bicyclic) bond motifs is 6. The van der Waals surface area contributed by atoms with Gasteiger partial charge in [-0.15, -0.1) is 53.3 Å². The van der Waals surface area contributed by atoms with E-state index in [-0.39, 0.29) is 20.4 Å². The molecule has 0 bridgehead atoms. The number of anilines is 3. The molecule has 0 aliphatic carbocycles. The Morgan fingerprint density at radius 1 is 0.547 bits per heavy atom. The second-order valence-corrected chi connectivity index (χ2v) is 17.6. The summed E-state index contributed by atoms with van der Waals surface area (Å²) in [4.78, 5) is 12.1. The van der Waals surface area contributed by atoms with E-state index in [9.17, 15) is 0 Å². The van der Waals surface area contributed by atoms with E-state index in [0.717, 1.165) is 28.5 Å². The van der Waals surface area contributed by atoms with Gasteiger partial charge in [0.2, 0.25) is 0 Å². The molecule has 0 spiro atoms. The molecular formula is C46H29N3OPdSSi. The zero-order valence-corrected chi connectivity index (χ0v) is 31.6. The molecule has 0 fully saturated rings. The number of benzene rings is 6. The SMILES string of the molecule is [Pd+2].[c-]1c(Oc2[c-]c(N3c4ncccc4[Si](c4ccccc4)(c4ccccc4)c4ccc5c(sc6ccccc65)c43)ccc2)cccc1-c1ccccn1. The van der Waals surface area contributed by atoms with Gasteiger partial charge in [0.1, 0.15) is 5.82 Å². The van der Waals surface area contributed by atoms with Gasteiger partial charge in [0, 0.05) is 39.4 Å². The minimum atomic E-state index is -2.88. The summed E-state index contributed by atoms with van der Waals surface area (Å²) in [6, 6.07) is 64.8. The summed E-state index contributed by atoms with van der Waals surface area (Å²) in [7, 11) is -2.88. The number of hydrogen-bond acceptors (Lipinski definition) is 5. The van der Waals surface area contributed by atoms with Crippen molar-refractivity contribution in [1.82, 2.24) is 9.97 Å². The molecule has 3 aromatic heterocycles. The van der Waals surface area contributed by atoms with Crippen molar-refractivity contribution < 1.29 is 25.2 Å². The quantitative estimate of drug-likeness (QED) is 0.124. The fraction of sp³-hybridized carbons (Fsp3) is 0. The fourth-order valence-electron chi connectivity index (χ4n) is 7.74. The van der Waals surface area contributed by atoms with Crippen molar-refractivity contribution in [2.45, 2.75) is 0 Å². The number of thiophene rings is 1. The summed E-state index contributed by atoms with van der Waals surface area (Å²) in [6.45, 7) is 0. The summed E-state index contributed by atoms with van der Waals surface area (Å²) in [5.74, 6) is 2.10. The van der Waals surface area contributed by atoms with Gasteiger partial charge in [-0.25, -0.2) is 4.98 Å². The van der Waals surface area contributed by atoms with Gasteiger partial charge in [-0.05, 0) is 44.6 Å². The third-order valence-electron chi connectivity index (χ3n) is 9.89. The van der Waals surface area contributed by atoms with Crippen LogP contribution in [0.2, 0.25) is 0 Å². The standard InChI is InChI=1S/C46H29N3OSSi.Pd/c1-3-18-36(19-4-1)52(37-20-5-2-6-21-37)42-27-26-39-38-22-7-8-24-41(38)51-45(39)44(42)49(46-43(52)25-13-29-48-46)33-15-12-17-35(31-33)50-34-16-11-14-32(30-34)40-23-9-10-28-47-40;/h1-29H;/q-2;+2. The maximum atomic E-state index is 6.49. The van der Waals surface area contributed by atoms with E-state index < -0.39 is 8.07 Å². The summed E-state index contributed by atoms with van der Waals surface area (Å²) in [5.41, 5.74) is 3.72. The molecule has 0 saturated heterocycles. The Bertz CT molecular complexity index is 2700. The topological polar surface area (TPSA) is 38.2 Å². The van der Waals surface area contributed by atoms with E-state index in [1.807, 2.05) is 66.1 Å². The van der Waals surface area contributed by atoms with Crippen LogP contribution in [0.25, 0.3) is 31.4 Å². The van der Waals surface area contributed by atoms with Crippen LogP contribution in [0.5, 0.6) is 11.5 Å². The Balaban J connectivity index is 0.00000372. The predicted octanol–water partition coefficient (Wildman–Crippen LogP) is 9.06. The van der Waals surface area contributed by atoms with Gasteiger partial charge in [0.15, 0.2) is 8.07 Å². The summed E-state index contributed by atoms with van der Waals surface area (Å²) in [6.07, 6.45) is 3.70. The molecule has 0 radical (unpaired) electrons. The first-order chi connectivity index (χ1) is 25.8. The zero-order valence-electron chi connectivity index (χ0n) is 28.2. The number of hydrogen-bond donors (Lipinski definition) is 0. The second kappa shape index (κ2) is 13.7. The second-order valence-electron chi connectivity index (χ2n) is 12.8. The van der Waals surface area contributed by atoms with Gasteiger partial charge < -0.3 is 14.6 Å². The molecule has 4 nitrogen and oxygen atoms in total. The van der Waals surface area contributed by atoms with Crippen LogP contribution in [0.4, 0.5) is 17.2 Å². The maximum Gasteiger partial charge on any atom is 2.00 e. The first-order valence-corrected chi connectivity index (χ1v) is 20.1. The molecule has 0 saturated carbocycles. The van der Waals surface area contributed by atoms with E-state index in [2.05, 4.69) is 137 Å². The van der Waals surface area contributed by atoms with E-state index in [1.54, 1.807) is 6.20 Å². The van der Waals surface area contributed by atoms with Crippen LogP contribution in [0.15, 0.2) is 176 Å². The van der Waals surface area contributed by atoms with Crippen molar-refractivity contribution in [3.8, 4) is 22.8 Å². The molecule has 7 heteroatoms. The molecule has 0 atom stereocenters. The van der Waals surface area contributed by atoms with Gasteiger partial charge in [0.25, 0.3) is 0 Å². The Morgan fingerprint density at radius 3 is 2.02 bits per heavy atom. The van der Waals surface area contributed by atoms with E-state index in [0.29, 0.717) is 11.5 Å². The van der Waals surface area contributed by atoms with Crippen LogP contribution in [0, 0.1) is 12.1 Å². The number of nitrogens with zero attached hydrogens (tertiary/aromatic N) is 3. The maximum absolute atomic E-state index is 6.49. The van der Waals surface area contributed by atoms with Crippen molar-refractivity contribution in [1.29, 1.82) is 0 Å². The minimum Gasteiger partial charge on any atom is -0.503 e. The van der Waals surface area contributed by atoms with Gasteiger partial charge in [-0.3, -0.25) is 0 Å². The van der Waals surface area contributed by atoms with Gasteiger partial charge in [-0.2, -0.15) is 6.07 Å². The molecule has 9 aromatic rings. The first-order valence-electron chi connectivity index (χ1n) is 17.2. The molecule has 1 aliphatic rings. The molecule has 4 heterocycles. The average molecular weight is 806 g/mol.